The van der Waals surface area contributed by atoms with Gasteiger partial charge in [-0.15, -0.1) is 0 Å². The van der Waals surface area contributed by atoms with E-state index in [1.807, 2.05) is 30.3 Å². The van der Waals surface area contributed by atoms with Gasteiger partial charge in [-0.2, -0.15) is 0 Å². The largest absolute Gasteiger partial charge is 0.385 e. The minimum absolute atomic E-state index is 0.0784. The van der Waals surface area contributed by atoms with Crippen molar-refractivity contribution >= 4 is 5.91 Å². The molecule has 3 saturated heterocycles. The highest BCUT2D eigenvalue weighted by atomic mass is 16.5. The number of ether oxygens (including phenoxy) is 1. The van der Waals surface area contributed by atoms with Crippen molar-refractivity contribution in [2.24, 2.45) is 17.3 Å². The Morgan fingerprint density at radius 1 is 1.08 bits per heavy atom. The Morgan fingerprint density at radius 2 is 1.88 bits per heavy atom. The summed E-state index contributed by atoms with van der Waals surface area (Å²) in [5.74, 6) is 0.166. The Labute approximate surface area is 142 Å². The van der Waals surface area contributed by atoms with Gasteiger partial charge in [-0.25, -0.2) is 0 Å². The molecule has 0 radical (unpaired) electrons. The molecule has 5 nitrogen and oxygen atoms in total. The molecule has 130 valence electrons. The molecule has 3 aliphatic rings. The first-order valence-corrected chi connectivity index (χ1v) is 9.01. The summed E-state index contributed by atoms with van der Waals surface area (Å²) >= 11 is 0. The monoisotopic (exact) mass is 330 g/mol. The van der Waals surface area contributed by atoms with Crippen LogP contribution in [0.5, 0.6) is 0 Å². The van der Waals surface area contributed by atoms with Gasteiger partial charge < -0.3 is 20.5 Å². The van der Waals surface area contributed by atoms with E-state index in [1.165, 1.54) is 0 Å². The second-order valence-corrected chi connectivity index (χ2v) is 7.44. The third-order valence-electron chi connectivity index (χ3n) is 6.43. The molecule has 1 aromatic rings. The van der Waals surface area contributed by atoms with Crippen LogP contribution in [0.3, 0.4) is 0 Å². The average Bonchev–Trinajstić information content (AvgIpc) is 2.98. The number of benzene rings is 1. The average molecular weight is 330 g/mol. The smallest absolute Gasteiger partial charge is 0.226 e. The van der Waals surface area contributed by atoms with Crippen LogP contribution >= 0.6 is 0 Å². The number of rotatable bonds is 2. The van der Waals surface area contributed by atoms with Crippen LogP contribution < -0.4 is 10.6 Å². The molecule has 1 amide bonds. The highest BCUT2D eigenvalue weighted by Crippen LogP contribution is 2.51. The summed E-state index contributed by atoms with van der Waals surface area (Å²) in [6, 6.07) is 9.90. The van der Waals surface area contributed by atoms with Crippen molar-refractivity contribution in [3.8, 4) is 0 Å². The van der Waals surface area contributed by atoms with Gasteiger partial charge in [0.25, 0.3) is 0 Å². The summed E-state index contributed by atoms with van der Waals surface area (Å²) < 4.78 is 5.77. The van der Waals surface area contributed by atoms with Crippen LogP contribution in [-0.2, 0) is 15.1 Å². The van der Waals surface area contributed by atoms with Crippen molar-refractivity contribution in [2.45, 2.75) is 24.9 Å². The molecular weight excluding hydrogens is 304 g/mol. The number of aliphatic hydroxyl groups is 1. The van der Waals surface area contributed by atoms with Crippen molar-refractivity contribution in [2.75, 3.05) is 32.8 Å². The third kappa shape index (κ3) is 2.38. The van der Waals surface area contributed by atoms with Crippen LogP contribution in [0.2, 0.25) is 0 Å². The molecule has 3 aliphatic heterocycles. The normalized spacial score (nSPS) is 39.8. The number of carbonyl (C=O) groups excluding carboxylic acids is 1. The first-order chi connectivity index (χ1) is 11.7. The van der Waals surface area contributed by atoms with E-state index in [4.69, 9.17) is 4.74 Å². The van der Waals surface area contributed by atoms with E-state index in [1.54, 1.807) is 0 Å². The maximum Gasteiger partial charge on any atom is 0.226 e. The molecule has 1 aromatic carbocycles. The lowest BCUT2D eigenvalue weighted by Crippen LogP contribution is -2.58. The van der Waals surface area contributed by atoms with Crippen LogP contribution in [0.15, 0.2) is 30.3 Å². The molecule has 4 atom stereocenters. The SMILES string of the molecule is O=C1NCCC12CCNCC2C1COCC[C@@]1(O)c1ccccc1. The number of hydrogen-bond donors (Lipinski definition) is 3. The van der Waals surface area contributed by atoms with Gasteiger partial charge in [-0.1, -0.05) is 30.3 Å². The van der Waals surface area contributed by atoms with Crippen LogP contribution in [0.25, 0.3) is 0 Å². The Hall–Kier alpha value is -1.43. The number of nitrogens with one attached hydrogen (secondary N) is 2. The van der Waals surface area contributed by atoms with E-state index in [2.05, 4.69) is 10.6 Å². The zero-order chi connectivity index (χ0) is 16.6. The van der Waals surface area contributed by atoms with E-state index >= 15 is 0 Å². The first kappa shape index (κ1) is 16.1. The predicted octanol–water partition coefficient (Wildman–Crippen LogP) is 1.03. The van der Waals surface area contributed by atoms with Gasteiger partial charge in [0.15, 0.2) is 0 Å². The molecule has 4 rings (SSSR count). The molecule has 0 bridgehead atoms. The van der Waals surface area contributed by atoms with E-state index in [9.17, 15) is 9.90 Å². The molecule has 3 unspecified atom stereocenters. The second-order valence-electron chi connectivity index (χ2n) is 7.44. The Kier molecular flexibility index (Phi) is 4.11. The molecule has 0 aromatic heterocycles. The lowest BCUT2D eigenvalue weighted by molar-refractivity contribution is -0.165. The van der Waals surface area contributed by atoms with Crippen LogP contribution in [0, 0.1) is 17.3 Å². The van der Waals surface area contributed by atoms with Gasteiger partial charge in [-0.05, 0) is 37.4 Å². The Bertz CT molecular complexity index is 608. The topological polar surface area (TPSA) is 70.6 Å². The van der Waals surface area contributed by atoms with Crippen molar-refractivity contribution < 1.29 is 14.6 Å². The fourth-order valence-corrected chi connectivity index (χ4v) is 5.05. The van der Waals surface area contributed by atoms with Crippen LogP contribution in [-0.4, -0.2) is 43.9 Å². The minimum Gasteiger partial charge on any atom is -0.385 e. The van der Waals surface area contributed by atoms with Crippen molar-refractivity contribution in [3.63, 3.8) is 0 Å². The summed E-state index contributed by atoms with van der Waals surface area (Å²) in [6.45, 7) is 3.43. The van der Waals surface area contributed by atoms with Crippen LogP contribution in [0.4, 0.5) is 0 Å². The fraction of sp³-hybridized carbons (Fsp3) is 0.632. The van der Waals surface area contributed by atoms with Gasteiger partial charge >= 0.3 is 0 Å². The van der Waals surface area contributed by atoms with Gasteiger partial charge in [0, 0.05) is 25.5 Å². The highest BCUT2D eigenvalue weighted by molar-refractivity contribution is 5.85. The Morgan fingerprint density at radius 3 is 2.62 bits per heavy atom. The number of carbonyl (C=O) groups is 1. The Balaban J connectivity index is 1.73. The summed E-state index contributed by atoms with van der Waals surface area (Å²) in [7, 11) is 0. The molecular formula is C19H26N2O3. The van der Waals surface area contributed by atoms with Crippen molar-refractivity contribution in [1.82, 2.24) is 10.6 Å². The second kappa shape index (κ2) is 6.14. The summed E-state index contributed by atoms with van der Waals surface area (Å²) in [4.78, 5) is 12.7. The van der Waals surface area contributed by atoms with Crippen molar-refractivity contribution in [1.29, 1.82) is 0 Å². The molecule has 3 heterocycles. The maximum atomic E-state index is 12.7. The number of amides is 1. The molecule has 0 saturated carbocycles. The summed E-state index contributed by atoms with van der Waals surface area (Å²) in [5.41, 5.74) is -0.351. The van der Waals surface area contributed by atoms with E-state index in [-0.39, 0.29) is 23.2 Å². The lowest BCUT2D eigenvalue weighted by atomic mass is 9.59. The zero-order valence-corrected chi connectivity index (χ0v) is 14.0. The molecule has 0 aliphatic carbocycles. The zero-order valence-electron chi connectivity index (χ0n) is 14.0. The molecule has 5 heteroatoms. The third-order valence-corrected chi connectivity index (χ3v) is 6.43. The van der Waals surface area contributed by atoms with Gasteiger partial charge in [0.05, 0.1) is 17.6 Å². The van der Waals surface area contributed by atoms with Crippen LogP contribution in [0.1, 0.15) is 24.8 Å². The quantitative estimate of drug-likeness (QED) is 0.757. The summed E-state index contributed by atoms with van der Waals surface area (Å²) in [6.07, 6.45) is 2.28. The van der Waals surface area contributed by atoms with E-state index < -0.39 is 5.60 Å². The highest BCUT2D eigenvalue weighted by Gasteiger charge is 2.57. The molecule has 3 fully saturated rings. The standard InChI is InChI=1S/C19H26N2O3/c22-17-18(7-10-21-17)6-9-20-12-15(18)16-13-24-11-8-19(16,23)14-4-2-1-3-5-14/h1-5,15-16,20,23H,6-13H2,(H,21,22)/t15?,16?,18?,19-/m1/s1. The maximum absolute atomic E-state index is 12.7. The number of hydrogen-bond acceptors (Lipinski definition) is 4. The molecule has 24 heavy (non-hydrogen) atoms. The van der Waals surface area contributed by atoms with E-state index in [0.717, 1.165) is 38.0 Å². The van der Waals surface area contributed by atoms with Gasteiger partial charge in [0.2, 0.25) is 5.91 Å². The minimum atomic E-state index is -0.931. The molecule has 1 spiro atoms. The van der Waals surface area contributed by atoms with E-state index in [0.29, 0.717) is 19.6 Å². The van der Waals surface area contributed by atoms with Gasteiger partial charge in [0.1, 0.15) is 0 Å². The fourth-order valence-electron chi connectivity index (χ4n) is 5.05. The first-order valence-electron chi connectivity index (χ1n) is 9.01. The van der Waals surface area contributed by atoms with Gasteiger partial charge in [-0.3, -0.25) is 4.79 Å². The van der Waals surface area contributed by atoms with Crippen molar-refractivity contribution in [3.05, 3.63) is 35.9 Å². The lowest BCUT2D eigenvalue weighted by Gasteiger charge is -2.51. The summed E-state index contributed by atoms with van der Waals surface area (Å²) in [5, 5.41) is 18.1. The molecule has 3 N–H and O–H groups in total. The predicted molar refractivity (Wildman–Crippen MR) is 90.3 cm³/mol. The number of piperidine rings is 1.